The Hall–Kier alpha value is -3.55. The number of hydrogen-bond donors (Lipinski definition) is 0. The minimum Gasteiger partial charge on any atom is -0.307 e. The predicted molar refractivity (Wildman–Crippen MR) is 89.9 cm³/mol. The Morgan fingerprint density at radius 3 is 2.88 bits per heavy atom. The van der Waals surface area contributed by atoms with Crippen molar-refractivity contribution in [3.8, 4) is 0 Å². The van der Waals surface area contributed by atoms with Gasteiger partial charge in [-0.3, -0.25) is 24.1 Å². The second-order valence-electron chi connectivity index (χ2n) is 5.68. The standard InChI is InChI=1S/C17H12N4O4/c22-16(13-10-18-15-3-1-2-7-20(15)17(13)23)19-8-6-11-4-5-12(21(24)25)9-14(11)19/h1-5,7,9-10H,6,8H2. The smallest absolute Gasteiger partial charge is 0.271 e. The number of pyridine rings is 1. The Morgan fingerprint density at radius 2 is 2.08 bits per heavy atom. The van der Waals surface area contributed by atoms with Crippen molar-refractivity contribution < 1.29 is 9.72 Å². The second kappa shape index (κ2) is 5.52. The van der Waals surface area contributed by atoms with E-state index in [1.807, 2.05) is 0 Å². The molecule has 8 nitrogen and oxygen atoms in total. The first-order chi connectivity index (χ1) is 12.1. The van der Waals surface area contributed by atoms with Crippen LogP contribution in [0.1, 0.15) is 15.9 Å². The minimum atomic E-state index is -0.506. The van der Waals surface area contributed by atoms with E-state index in [0.717, 1.165) is 5.56 Å². The molecule has 3 aromatic rings. The molecule has 2 aromatic heterocycles. The number of fused-ring (bicyclic) bond motifs is 2. The van der Waals surface area contributed by atoms with Crippen molar-refractivity contribution in [2.24, 2.45) is 0 Å². The predicted octanol–water partition coefficient (Wildman–Crippen LogP) is 1.81. The molecule has 0 unspecified atom stereocenters. The molecule has 0 N–H and O–H groups in total. The molecular weight excluding hydrogens is 324 g/mol. The lowest BCUT2D eigenvalue weighted by molar-refractivity contribution is -0.384. The first-order valence-corrected chi connectivity index (χ1v) is 7.62. The lowest BCUT2D eigenvalue weighted by Crippen LogP contribution is -2.34. The SMILES string of the molecule is O=C(c1cnc2ccccn2c1=O)N1CCc2ccc([N+](=O)[O-])cc21. The normalized spacial score (nSPS) is 13.0. The van der Waals surface area contributed by atoms with Crippen molar-refractivity contribution in [3.05, 3.63) is 80.4 Å². The average molecular weight is 336 g/mol. The van der Waals surface area contributed by atoms with Crippen molar-refractivity contribution >= 4 is 22.9 Å². The summed E-state index contributed by atoms with van der Waals surface area (Å²) < 4.78 is 1.30. The number of anilines is 1. The van der Waals surface area contributed by atoms with Gasteiger partial charge in [-0.2, -0.15) is 0 Å². The van der Waals surface area contributed by atoms with Gasteiger partial charge in [-0.05, 0) is 24.1 Å². The van der Waals surface area contributed by atoms with E-state index in [1.54, 1.807) is 30.5 Å². The molecule has 0 saturated heterocycles. The number of nitrogens with zero attached hydrogens (tertiary/aromatic N) is 4. The third-order valence-electron chi connectivity index (χ3n) is 4.26. The maximum Gasteiger partial charge on any atom is 0.271 e. The van der Waals surface area contributed by atoms with Gasteiger partial charge >= 0.3 is 0 Å². The van der Waals surface area contributed by atoms with Crippen LogP contribution in [0.3, 0.4) is 0 Å². The van der Waals surface area contributed by atoms with Crippen LogP contribution in [-0.4, -0.2) is 26.8 Å². The Morgan fingerprint density at radius 1 is 1.24 bits per heavy atom. The monoisotopic (exact) mass is 336 g/mol. The van der Waals surface area contributed by atoms with E-state index >= 15 is 0 Å². The molecule has 8 heteroatoms. The van der Waals surface area contributed by atoms with Crippen LogP contribution in [0.25, 0.3) is 5.65 Å². The molecule has 0 saturated carbocycles. The Kier molecular flexibility index (Phi) is 3.31. The van der Waals surface area contributed by atoms with Crippen LogP contribution in [0, 0.1) is 10.1 Å². The summed E-state index contributed by atoms with van der Waals surface area (Å²) in [6, 6.07) is 9.53. The van der Waals surface area contributed by atoms with E-state index < -0.39 is 16.4 Å². The summed E-state index contributed by atoms with van der Waals surface area (Å²) >= 11 is 0. The van der Waals surface area contributed by atoms with E-state index in [1.165, 1.54) is 27.6 Å². The first-order valence-electron chi connectivity index (χ1n) is 7.62. The third-order valence-corrected chi connectivity index (χ3v) is 4.26. The van der Waals surface area contributed by atoms with Crippen molar-refractivity contribution in [3.63, 3.8) is 0 Å². The van der Waals surface area contributed by atoms with Crippen LogP contribution in [0.5, 0.6) is 0 Å². The highest BCUT2D eigenvalue weighted by Gasteiger charge is 2.29. The summed E-state index contributed by atoms with van der Waals surface area (Å²) in [4.78, 5) is 41.5. The lowest BCUT2D eigenvalue weighted by Gasteiger charge is -2.17. The topological polar surface area (TPSA) is 97.8 Å². The molecule has 1 aromatic carbocycles. The zero-order valence-corrected chi connectivity index (χ0v) is 13.0. The maximum absolute atomic E-state index is 12.9. The number of benzene rings is 1. The van der Waals surface area contributed by atoms with Crippen LogP contribution < -0.4 is 10.5 Å². The number of non-ortho nitro benzene ring substituents is 1. The van der Waals surface area contributed by atoms with Crippen LogP contribution >= 0.6 is 0 Å². The van der Waals surface area contributed by atoms with Crippen molar-refractivity contribution in [2.45, 2.75) is 6.42 Å². The Bertz CT molecular complexity index is 1090. The summed E-state index contributed by atoms with van der Waals surface area (Å²) in [7, 11) is 0. The van der Waals surface area contributed by atoms with Gasteiger partial charge in [0.1, 0.15) is 11.2 Å². The molecule has 0 atom stereocenters. The zero-order chi connectivity index (χ0) is 17.6. The highest BCUT2D eigenvalue weighted by Crippen LogP contribution is 2.32. The molecule has 0 fully saturated rings. The van der Waals surface area contributed by atoms with Gasteiger partial charge in [0, 0.05) is 31.1 Å². The fourth-order valence-corrected chi connectivity index (χ4v) is 3.01. The van der Waals surface area contributed by atoms with Gasteiger partial charge < -0.3 is 4.90 Å². The summed E-state index contributed by atoms with van der Waals surface area (Å²) in [5.41, 5.74) is 1.13. The molecule has 4 rings (SSSR count). The number of carbonyl (C=O) groups is 1. The van der Waals surface area contributed by atoms with E-state index in [4.69, 9.17) is 0 Å². The van der Waals surface area contributed by atoms with Gasteiger partial charge in [0.25, 0.3) is 17.2 Å². The van der Waals surface area contributed by atoms with Gasteiger partial charge in [-0.25, -0.2) is 4.98 Å². The number of aromatic nitrogens is 2. The summed E-state index contributed by atoms with van der Waals surface area (Å²) in [5.74, 6) is -0.505. The molecule has 1 aliphatic heterocycles. The first kappa shape index (κ1) is 15.0. The molecule has 124 valence electrons. The van der Waals surface area contributed by atoms with E-state index in [9.17, 15) is 19.7 Å². The Balaban J connectivity index is 1.79. The molecule has 0 aliphatic carbocycles. The van der Waals surface area contributed by atoms with Crippen LogP contribution in [0.15, 0.2) is 53.6 Å². The van der Waals surface area contributed by atoms with Crippen molar-refractivity contribution in [1.82, 2.24) is 9.38 Å². The quantitative estimate of drug-likeness (QED) is 0.525. The number of rotatable bonds is 2. The molecule has 1 aliphatic rings. The minimum absolute atomic E-state index is 0.0666. The van der Waals surface area contributed by atoms with Crippen LogP contribution in [0.4, 0.5) is 11.4 Å². The number of nitro benzene ring substituents is 1. The fraction of sp³-hybridized carbons (Fsp3) is 0.118. The molecule has 0 bridgehead atoms. The fourth-order valence-electron chi connectivity index (χ4n) is 3.01. The number of amides is 1. The van der Waals surface area contributed by atoms with E-state index in [0.29, 0.717) is 24.3 Å². The summed E-state index contributed by atoms with van der Waals surface area (Å²) in [6.07, 6.45) is 3.39. The Labute approximate surface area is 141 Å². The second-order valence-corrected chi connectivity index (χ2v) is 5.68. The van der Waals surface area contributed by atoms with Gasteiger partial charge in [0.2, 0.25) is 0 Å². The highest BCUT2D eigenvalue weighted by molar-refractivity contribution is 6.07. The largest absolute Gasteiger partial charge is 0.307 e. The number of hydrogen-bond acceptors (Lipinski definition) is 5. The van der Waals surface area contributed by atoms with Crippen molar-refractivity contribution in [2.75, 3.05) is 11.4 Å². The lowest BCUT2D eigenvalue weighted by atomic mass is 10.1. The highest BCUT2D eigenvalue weighted by atomic mass is 16.6. The molecule has 3 heterocycles. The molecular formula is C17H12N4O4. The van der Waals surface area contributed by atoms with Crippen LogP contribution in [0.2, 0.25) is 0 Å². The molecule has 0 spiro atoms. The molecule has 0 radical (unpaired) electrons. The summed E-state index contributed by atoms with van der Waals surface area (Å²) in [5, 5.41) is 11.0. The number of carbonyl (C=O) groups excluding carboxylic acids is 1. The third kappa shape index (κ3) is 2.35. The van der Waals surface area contributed by atoms with E-state index in [2.05, 4.69) is 4.98 Å². The zero-order valence-electron chi connectivity index (χ0n) is 13.0. The van der Waals surface area contributed by atoms with Crippen molar-refractivity contribution in [1.29, 1.82) is 0 Å². The van der Waals surface area contributed by atoms with Gasteiger partial charge in [-0.1, -0.05) is 12.1 Å². The van der Waals surface area contributed by atoms with Gasteiger partial charge in [0.15, 0.2) is 0 Å². The number of nitro groups is 1. The molecule has 25 heavy (non-hydrogen) atoms. The maximum atomic E-state index is 12.9. The molecule has 1 amide bonds. The average Bonchev–Trinajstić information content (AvgIpc) is 3.05. The van der Waals surface area contributed by atoms with Gasteiger partial charge in [0.05, 0.1) is 10.6 Å². The summed E-state index contributed by atoms with van der Waals surface area (Å²) in [6.45, 7) is 0.367. The van der Waals surface area contributed by atoms with Crippen LogP contribution in [-0.2, 0) is 6.42 Å². The van der Waals surface area contributed by atoms with Gasteiger partial charge in [-0.15, -0.1) is 0 Å². The van der Waals surface area contributed by atoms with E-state index in [-0.39, 0.29) is 11.3 Å².